The molecule has 0 radical (unpaired) electrons. The van der Waals surface area contributed by atoms with Crippen molar-refractivity contribution in [2.75, 3.05) is 0 Å². The zero-order valence-corrected chi connectivity index (χ0v) is 22.9. The third kappa shape index (κ3) is 3.03. The van der Waals surface area contributed by atoms with Gasteiger partial charge in [0.2, 0.25) is 0 Å². The van der Waals surface area contributed by atoms with Crippen LogP contribution in [-0.2, 0) is 5.41 Å². The second-order valence-corrected chi connectivity index (χ2v) is 11.2. The van der Waals surface area contributed by atoms with Gasteiger partial charge in [-0.15, -0.1) is 0 Å². The summed E-state index contributed by atoms with van der Waals surface area (Å²) in [6.45, 7) is 0. The van der Waals surface area contributed by atoms with E-state index in [9.17, 15) is 0 Å². The maximum absolute atomic E-state index is 6.80. The number of hydrogen-bond acceptors (Lipinski definition) is 1. The maximum atomic E-state index is 6.80. The number of hydrogen-bond donors (Lipinski definition) is 0. The first-order valence-electron chi connectivity index (χ1n) is 14.5. The van der Waals surface area contributed by atoms with Gasteiger partial charge in [-0.2, -0.15) is 0 Å². The van der Waals surface area contributed by atoms with Crippen LogP contribution in [0.25, 0.3) is 44.2 Å². The topological polar surface area (TPSA) is 9.23 Å². The summed E-state index contributed by atoms with van der Waals surface area (Å²) in [4.78, 5) is 0. The summed E-state index contributed by atoms with van der Waals surface area (Å²) >= 11 is 0. The van der Waals surface area contributed by atoms with Crippen molar-refractivity contribution in [1.82, 2.24) is 0 Å². The fraction of sp³-hybridized carbons (Fsp3) is 0.0244. The molecule has 0 bridgehead atoms. The average molecular weight is 535 g/mol. The molecule has 196 valence electrons. The second-order valence-electron chi connectivity index (χ2n) is 11.2. The molecule has 1 aliphatic heterocycles. The van der Waals surface area contributed by atoms with Crippen LogP contribution in [0.2, 0.25) is 0 Å². The lowest BCUT2D eigenvalue weighted by molar-refractivity contribution is 0.489. The van der Waals surface area contributed by atoms with Gasteiger partial charge in [-0.3, -0.25) is 0 Å². The number of ether oxygens (including phenoxy) is 1. The minimum atomic E-state index is -0.432. The average Bonchev–Trinajstić information content (AvgIpc) is 3.37. The summed E-state index contributed by atoms with van der Waals surface area (Å²) in [5, 5.41) is 2.38. The van der Waals surface area contributed by atoms with Gasteiger partial charge >= 0.3 is 0 Å². The van der Waals surface area contributed by atoms with Crippen molar-refractivity contribution in [3.05, 3.63) is 180 Å². The van der Waals surface area contributed by atoms with Crippen LogP contribution in [-0.4, -0.2) is 0 Å². The van der Waals surface area contributed by atoms with Crippen molar-refractivity contribution in [1.29, 1.82) is 0 Å². The van der Waals surface area contributed by atoms with E-state index in [1.807, 2.05) is 0 Å². The first-order valence-corrected chi connectivity index (χ1v) is 14.5. The maximum Gasteiger partial charge on any atom is 0.143 e. The smallest absolute Gasteiger partial charge is 0.143 e. The molecule has 0 saturated heterocycles. The zero-order chi connectivity index (χ0) is 27.7. The van der Waals surface area contributed by atoms with E-state index in [1.165, 1.54) is 55.3 Å². The molecule has 0 amide bonds. The van der Waals surface area contributed by atoms with E-state index < -0.39 is 5.41 Å². The number of para-hydroxylation sites is 1. The van der Waals surface area contributed by atoms with Crippen LogP contribution in [0.3, 0.4) is 0 Å². The van der Waals surface area contributed by atoms with Crippen LogP contribution < -0.4 is 4.74 Å². The normalized spacial score (nSPS) is 13.6. The van der Waals surface area contributed by atoms with E-state index in [1.54, 1.807) is 0 Å². The molecule has 1 aliphatic carbocycles. The van der Waals surface area contributed by atoms with Crippen molar-refractivity contribution < 1.29 is 4.74 Å². The molecule has 7 aromatic rings. The largest absolute Gasteiger partial charge is 0.455 e. The van der Waals surface area contributed by atoms with Crippen LogP contribution in [0.4, 0.5) is 0 Å². The molecule has 2 aliphatic rings. The van der Waals surface area contributed by atoms with Gasteiger partial charge in [-0.25, -0.2) is 0 Å². The lowest BCUT2D eigenvalue weighted by Gasteiger charge is -2.34. The number of fused-ring (bicyclic) bond motifs is 5. The van der Waals surface area contributed by atoms with Crippen LogP contribution in [0.15, 0.2) is 158 Å². The fourth-order valence-corrected chi connectivity index (χ4v) is 7.51. The highest BCUT2D eigenvalue weighted by molar-refractivity contribution is 6.06. The van der Waals surface area contributed by atoms with E-state index in [0.29, 0.717) is 0 Å². The molecule has 9 rings (SSSR count). The summed E-state index contributed by atoms with van der Waals surface area (Å²) in [5.41, 5.74) is 11.9. The Balaban J connectivity index is 1.37. The highest BCUT2D eigenvalue weighted by atomic mass is 16.5. The fourth-order valence-electron chi connectivity index (χ4n) is 7.51. The van der Waals surface area contributed by atoms with E-state index in [4.69, 9.17) is 4.74 Å². The number of rotatable bonds is 3. The van der Waals surface area contributed by atoms with Gasteiger partial charge in [-0.1, -0.05) is 152 Å². The van der Waals surface area contributed by atoms with Gasteiger partial charge in [0.05, 0.1) is 5.41 Å². The van der Waals surface area contributed by atoms with Crippen LogP contribution in [0.5, 0.6) is 11.5 Å². The highest BCUT2D eigenvalue weighted by Gasteiger charge is 2.46. The Morgan fingerprint density at radius 1 is 0.381 bits per heavy atom. The summed E-state index contributed by atoms with van der Waals surface area (Å²) in [6.07, 6.45) is 0. The van der Waals surface area contributed by atoms with E-state index in [2.05, 4.69) is 158 Å². The zero-order valence-electron chi connectivity index (χ0n) is 22.9. The molecule has 0 spiro atoms. The summed E-state index contributed by atoms with van der Waals surface area (Å²) in [6, 6.07) is 57.1. The molecule has 0 atom stereocenters. The monoisotopic (exact) mass is 534 g/mol. The molecular formula is C41H26O. The Morgan fingerprint density at radius 3 is 1.67 bits per heavy atom. The molecule has 7 aromatic carbocycles. The third-order valence-electron chi connectivity index (χ3n) is 9.16. The van der Waals surface area contributed by atoms with Crippen molar-refractivity contribution in [3.63, 3.8) is 0 Å². The van der Waals surface area contributed by atoms with Gasteiger partial charge in [0, 0.05) is 16.5 Å². The van der Waals surface area contributed by atoms with Gasteiger partial charge in [0.1, 0.15) is 11.5 Å². The van der Waals surface area contributed by atoms with E-state index in [-0.39, 0.29) is 0 Å². The second kappa shape index (κ2) is 8.80. The predicted octanol–water partition coefficient (Wildman–Crippen LogP) is 10.6. The lowest BCUT2D eigenvalue weighted by Crippen LogP contribution is -2.28. The Hall–Kier alpha value is -5.40. The summed E-state index contributed by atoms with van der Waals surface area (Å²) in [7, 11) is 0. The molecular weight excluding hydrogens is 508 g/mol. The minimum Gasteiger partial charge on any atom is -0.455 e. The van der Waals surface area contributed by atoms with Crippen molar-refractivity contribution in [3.8, 4) is 44.9 Å². The highest BCUT2D eigenvalue weighted by Crippen LogP contribution is 2.59. The van der Waals surface area contributed by atoms with Crippen molar-refractivity contribution >= 4 is 10.8 Å². The summed E-state index contributed by atoms with van der Waals surface area (Å²) in [5.74, 6) is 1.84. The van der Waals surface area contributed by atoms with Gasteiger partial charge in [0.15, 0.2) is 0 Å². The quantitative estimate of drug-likeness (QED) is 0.219. The molecule has 42 heavy (non-hydrogen) atoms. The third-order valence-corrected chi connectivity index (χ3v) is 9.16. The molecule has 0 aromatic heterocycles. The molecule has 0 N–H and O–H groups in total. The standard InChI is InChI=1S/C41H26O/c1-3-15-28(16-4-1)41(29-17-5-2-6-18-29)35-24-8-7-19-34(35)39-31(21-12-25-36(39)41)33-23-11-22-32-30-20-9-13-27-14-10-26-37(38(27)30)42-40(32)33/h1-26H. The first-order chi connectivity index (χ1) is 20.9. The number of benzene rings is 7. The molecule has 1 nitrogen and oxygen atoms in total. The Kier molecular flexibility index (Phi) is 4.88. The van der Waals surface area contributed by atoms with Gasteiger partial charge in [0.25, 0.3) is 0 Å². The molecule has 1 heteroatoms. The minimum absolute atomic E-state index is 0.432. The predicted molar refractivity (Wildman–Crippen MR) is 172 cm³/mol. The van der Waals surface area contributed by atoms with Crippen LogP contribution >= 0.6 is 0 Å². The molecule has 0 fully saturated rings. The lowest BCUT2D eigenvalue weighted by atomic mass is 9.67. The van der Waals surface area contributed by atoms with E-state index >= 15 is 0 Å². The van der Waals surface area contributed by atoms with Crippen LogP contribution in [0.1, 0.15) is 22.3 Å². The first kappa shape index (κ1) is 23.3. The summed E-state index contributed by atoms with van der Waals surface area (Å²) < 4.78 is 6.80. The van der Waals surface area contributed by atoms with Crippen molar-refractivity contribution in [2.24, 2.45) is 0 Å². The molecule has 1 heterocycles. The van der Waals surface area contributed by atoms with Crippen LogP contribution in [0, 0.1) is 0 Å². The Morgan fingerprint density at radius 2 is 0.905 bits per heavy atom. The Bertz CT molecular complexity index is 2110. The van der Waals surface area contributed by atoms with Gasteiger partial charge < -0.3 is 4.74 Å². The van der Waals surface area contributed by atoms with E-state index in [0.717, 1.165) is 22.6 Å². The Labute approximate surface area is 245 Å². The molecule has 0 saturated carbocycles. The molecule has 0 unspecified atom stereocenters. The van der Waals surface area contributed by atoms with Gasteiger partial charge in [-0.05, 0) is 56.0 Å². The van der Waals surface area contributed by atoms with Crippen molar-refractivity contribution in [2.45, 2.75) is 5.41 Å². The SMILES string of the molecule is c1ccc(C2(c3ccccc3)c3ccccc3-c3c(-c4cccc5c4Oc4cccc6cccc-5c46)cccc32)cc1.